The Morgan fingerprint density at radius 2 is 1.86 bits per heavy atom. The number of amides is 2. The molecule has 2 aromatic carbocycles. The summed E-state index contributed by atoms with van der Waals surface area (Å²) in [6, 6.07) is 16.3. The Morgan fingerprint density at radius 1 is 1.14 bits per heavy atom. The van der Waals surface area contributed by atoms with Crippen LogP contribution in [0.5, 0.6) is 0 Å². The predicted octanol–water partition coefficient (Wildman–Crippen LogP) is 2.54. The first-order valence-electron chi connectivity index (χ1n) is 10.1. The zero-order valence-electron chi connectivity index (χ0n) is 16.3. The minimum atomic E-state index is -0.827. The van der Waals surface area contributed by atoms with E-state index in [1.54, 1.807) is 29.2 Å². The lowest BCUT2D eigenvalue weighted by atomic mass is 9.99. The lowest BCUT2D eigenvalue weighted by Gasteiger charge is -2.38. The molecule has 1 saturated heterocycles. The fraction of sp³-hybridized carbons (Fsp3) is 0.391. The van der Waals surface area contributed by atoms with E-state index in [1.165, 1.54) is 0 Å². The fourth-order valence-corrected chi connectivity index (χ4v) is 3.67. The number of hydrogen-bond acceptors (Lipinski definition) is 4. The number of nitrogens with one attached hydrogen (secondary N) is 1. The Morgan fingerprint density at radius 3 is 2.55 bits per heavy atom. The van der Waals surface area contributed by atoms with Crippen LogP contribution in [0.1, 0.15) is 30.1 Å². The second kappa shape index (κ2) is 8.76. The normalized spacial score (nSPS) is 20.4. The third-order valence-electron chi connectivity index (χ3n) is 5.49. The molecule has 1 aliphatic heterocycles. The largest absolute Gasteiger partial charge is 0.386 e. The monoisotopic (exact) mass is 394 g/mol. The molecule has 2 amide bonds. The van der Waals surface area contributed by atoms with E-state index in [9.17, 15) is 14.7 Å². The highest BCUT2D eigenvalue weighted by atomic mass is 16.5. The Balaban J connectivity index is 1.38. The second-order valence-corrected chi connectivity index (χ2v) is 7.85. The van der Waals surface area contributed by atoms with Crippen molar-refractivity contribution in [1.29, 1.82) is 0 Å². The Bertz CT molecular complexity index is 849. The quantitative estimate of drug-likeness (QED) is 0.757. The van der Waals surface area contributed by atoms with Crippen LogP contribution in [0.25, 0.3) is 0 Å². The summed E-state index contributed by atoms with van der Waals surface area (Å²) < 4.78 is 5.39. The average Bonchev–Trinajstić information content (AvgIpc) is 3.54. The molecule has 2 aliphatic rings. The summed E-state index contributed by atoms with van der Waals surface area (Å²) in [6.07, 6.45) is 1.77. The minimum Gasteiger partial charge on any atom is -0.386 e. The van der Waals surface area contributed by atoms with E-state index >= 15 is 0 Å². The number of ether oxygens (including phenoxy) is 1. The third kappa shape index (κ3) is 5.02. The maximum atomic E-state index is 12.3. The van der Waals surface area contributed by atoms with Gasteiger partial charge in [0.15, 0.2) is 0 Å². The summed E-state index contributed by atoms with van der Waals surface area (Å²) in [4.78, 5) is 26.3. The Hall–Kier alpha value is -2.70. The lowest BCUT2D eigenvalue weighted by Crippen LogP contribution is -2.52. The molecule has 2 fully saturated rings. The molecule has 0 aromatic heterocycles. The van der Waals surface area contributed by atoms with E-state index in [-0.39, 0.29) is 24.5 Å². The van der Waals surface area contributed by atoms with Gasteiger partial charge in [0.05, 0.1) is 19.1 Å². The molecule has 0 unspecified atom stereocenters. The fourth-order valence-electron chi connectivity index (χ4n) is 3.67. The lowest BCUT2D eigenvalue weighted by molar-refractivity contribution is -0.154. The number of nitrogens with zero attached hydrogens (tertiary/aromatic N) is 1. The smallest absolute Gasteiger partial charge is 0.249 e. The van der Waals surface area contributed by atoms with E-state index in [1.807, 2.05) is 30.3 Å². The van der Waals surface area contributed by atoms with E-state index in [2.05, 4.69) is 5.32 Å². The standard InChI is InChI=1S/C23H26N2O4/c26-21(12-16-4-2-1-3-5-16)24-19-10-8-18(9-11-19)23(28)20-14-29-15-22(27)25(20)13-17-6-7-17/h1-5,8-11,17,20,23,28H,6-7,12-15H2,(H,24,26)/t20-,23-/m1/s1. The highest BCUT2D eigenvalue weighted by molar-refractivity contribution is 5.92. The number of carbonyl (C=O) groups excluding carboxylic acids is 2. The van der Waals surface area contributed by atoms with Gasteiger partial charge in [-0.25, -0.2) is 0 Å². The number of carbonyl (C=O) groups is 2. The highest BCUT2D eigenvalue weighted by Gasteiger charge is 2.37. The van der Waals surface area contributed by atoms with Crippen LogP contribution in [0.4, 0.5) is 5.69 Å². The third-order valence-corrected chi connectivity index (χ3v) is 5.49. The number of hydrogen-bond donors (Lipinski definition) is 2. The van der Waals surface area contributed by atoms with Crippen molar-refractivity contribution in [1.82, 2.24) is 4.90 Å². The summed E-state index contributed by atoms with van der Waals surface area (Å²) >= 11 is 0. The van der Waals surface area contributed by atoms with Gasteiger partial charge in [-0.15, -0.1) is 0 Å². The first kappa shape index (κ1) is 19.6. The number of benzene rings is 2. The minimum absolute atomic E-state index is 0.0583. The molecule has 6 heteroatoms. The predicted molar refractivity (Wildman–Crippen MR) is 109 cm³/mol. The summed E-state index contributed by atoms with van der Waals surface area (Å²) in [5.74, 6) is 0.400. The molecule has 29 heavy (non-hydrogen) atoms. The van der Waals surface area contributed by atoms with Gasteiger partial charge in [0, 0.05) is 12.2 Å². The van der Waals surface area contributed by atoms with Gasteiger partial charge in [0.1, 0.15) is 12.7 Å². The molecule has 2 N–H and O–H groups in total. The van der Waals surface area contributed by atoms with Crippen molar-refractivity contribution in [3.05, 3.63) is 65.7 Å². The molecule has 4 rings (SSSR count). The molecule has 1 heterocycles. The molecule has 6 nitrogen and oxygen atoms in total. The summed E-state index contributed by atoms with van der Waals surface area (Å²) in [7, 11) is 0. The van der Waals surface area contributed by atoms with Crippen LogP contribution >= 0.6 is 0 Å². The maximum Gasteiger partial charge on any atom is 0.249 e. The zero-order chi connectivity index (χ0) is 20.2. The van der Waals surface area contributed by atoms with Crippen LogP contribution in [0.3, 0.4) is 0 Å². The van der Waals surface area contributed by atoms with Crippen LogP contribution in [0.15, 0.2) is 54.6 Å². The van der Waals surface area contributed by atoms with E-state index in [4.69, 9.17) is 4.74 Å². The number of aliphatic hydroxyl groups is 1. The molecule has 152 valence electrons. The van der Waals surface area contributed by atoms with Crippen molar-refractivity contribution in [2.75, 3.05) is 25.1 Å². The molecular formula is C23H26N2O4. The number of anilines is 1. The van der Waals surface area contributed by atoms with E-state index < -0.39 is 6.10 Å². The van der Waals surface area contributed by atoms with Crippen LogP contribution in [0, 0.1) is 5.92 Å². The topological polar surface area (TPSA) is 78.9 Å². The van der Waals surface area contributed by atoms with Crippen LogP contribution in [-0.2, 0) is 20.7 Å². The Kier molecular flexibility index (Phi) is 5.92. The first-order chi connectivity index (χ1) is 14.1. The van der Waals surface area contributed by atoms with Gasteiger partial charge >= 0.3 is 0 Å². The average molecular weight is 394 g/mol. The van der Waals surface area contributed by atoms with Gasteiger partial charge in [-0.2, -0.15) is 0 Å². The van der Waals surface area contributed by atoms with Gasteiger partial charge in [0.2, 0.25) is 11.8 Å². The molecule has 1 saturated carbocycles. The van der Waals surface area contributed by atoms with Crippen LogP contribution in [0.2, 0.25) is 0 Å². The maximum absolute atomic E-state index is 12.3. The van der Waals surface area contributed by atoms with Crippen LogP contribution in [-0.4, -0.2) is 47.6 Å². The SMILES string of the molecule is O=C(Cc1ccccc1)Nc1ccc([C@@H](O)[C@H]2COCC(=O)N2CC2CC2)cc1. The number of morpholine rings is 1. The van der Waals surface area contributed by atoms with Gasteiger partial charge < -0.3 is 20.1 Å². The molecule has 1 aliphatic carbocycles. The summed E-state index contributed by atoms with van der Waals surface area (Å²) in [5, 5.41) is 13.7. The van der Waals surface area contributed by atoms with Crippen molar-refractivity contribution in [2.24, 2.45) is 5.92 Å². The molecule has 2 aromatic rings. The zero-order valence-corrected chi connectivity index (χ0v) is 16.3. The number of aliphatic hydroxyl groups excluding tert-OH is 1. The Labute approximate surface area is 170 Å². The van der Waals surface area contributed by atoms with Gasteiger partial charge in [-0.05, 0) is 42.0 Å². The summed E-state index contributed by atoms with van der Waals surface area (Å²) in [6.45, 7) is 1.11. The summed E-state index contributed by atoms with van der Waals surface area (Å²) in [5.41, 5.74) is 2.33. The highest BCUT2D eigenvalue weighted by Crippen LogP contribution is 2.33. The van der Waals surface area contributed by atoms with Crippen molar-refractivity contribution in [3.8, 4) is 0 Å². The molecule has 0 bridgehead atoms. The van der Waals surface area contributed by atoms with Crippen molar-refractivity contribution < 1.29 is 19.4 Å². The van der Waals surface area contributed by atoms with Crippen molar-refractivity contribution in [2.45, 2.75) is 31.4 Å². The molecular weight excluding hydrogens is 368 g/mol. The first-order valence-corrected chi connectivity index (χ1v) is 10.1. The molecule has 2 atom stereocenters. The van der Waals surface area contributed by atoms with Gasteiger partial charge in [0.25, 0.3) is 0 Å². The van der Waals surface area contributed by atoms with Crippen molar-refractivity contribution in [3.63, 3.8) is 0 Å². The van der Waals surface area contributed by atoms with E-state index in [0.717, 1.165) is 18.4 Å². The van der Waals surface area contributed by atoms with Crippen molar-refractivity contribution >= 4 is 17.5 Å². The van der Waals surface area contributed by atoms with E-state index in [0.29, 0.717) is 36.7 Å². The van der Waals surface area contributed by atoms with Gasteiger partial charge in [-0.1, -0.05) is 42.5 Å². The number of rotatable bonds is 7. The van der Waals surface area contributed by atoms with Gasteiger partial charge in [-0.3, -0.25) is 9.59 Å². The molecule has 0 spiro atoms. The van der Waals surface area contributed by atoms with Crippen LogP contribution < -0.4 is 5.32 Å². The molecule has 0 radical (unpaired) electrons. The second-order valence-electron chi connectivity index (χ2n) is 7.85.